The molecule has 0 spiro atoms. The molecule has 4 aliphatic rings. The summed E-state index contributed by atoms with van der Waals surface area (Å²) in [5.41, 5.74) is 3.15. The molecule has 4 atom stereocenters. The molecule has 0 radical (unpaired) electrons. The lowest BCUT2D eigenvalue weighted by atomic mass is 9.56. The zero-order valence-electron chi connectivity index (χ0n) is 14.3. The van der Waals surface area contributed by atoms with Gasteiger partial charge in [0, 0.05) is 18.9 Å². The predicted octanol–water partition coefficient (Wildman–Crippen LogP) is 2.68. The van der Waals surface area contributed by atoms with E-state index in [1.54, 1.807) is 0 Å². The molecule has 1 heterocycles. The summed E-state index contributed by atoms with van der Waals surface area (Å²) < 4.78 is 0. The molecule has 1 saturated heterocycles. The van der Waals surface area contributed by atoms with Crippen LogP contribution in [-0.2, 0) is 20.8 Å². The molecule has 0 N–H and O–H groups in total. The summed E-state index contributed by atoms with van der Waals surface area (Å²) in [6.07, 6.45) is 1.03. The van der Waals surface area contributed by atoms with E-state index in [9.17, 15) is 14.4 Å². The number of carbonyl (C=O) groups excluding carboxylic acids is 3. The number of fused-ring (bicyclic) bond motifs is 1. The molecule has 2 aromatic carbocycles. The average molecular weight is 345 g/mol. The van der Waals surface area contributed by atoms with E-state index < -0.39 is 11.8 Å². The molecule has 1 aliphatic heterocycles. The van der Waals surface area contributed by atoms with Crippen LogP contribution in [0, 0.1) is 11.8 Å². The summed E-state index contributed by atoms with van der Waals surface area (Å²) >= 11 is 0. The molecule has 3 aliphatic carbocycles. The van der Waals surface area contributed by atoms with Crippen LogP contribution >= 0.6 is 0 Å². The van der Waals surface area contributed by atoms with Crippen molar-refractivity contribution in [1.82, 2.24) is 4.90 Å². The molecule has 4 heteroatoms. The monoisotopic (exact) mass is 345 g/mol. The number of benzene rings is 2. The smallest absolute Gasteiger partial charge is 0.234 e. The van der Waals surface area contributed by atoms with Gasteiger partial charge in [-0.05, 0) is 23.1 Å². The fourth-order valence-corrected chi connectivity index (χ4v) is 5.13. The molecular weight excluding hydrogens is 326 g/mol. The van der Waals surface area contributed by atoms with Gasteiger partial charge in [-0.15, -0.1) is 0 Å². The van der Waals surface area contributed by atoms with Crippen LogP contribution in [0.3, 0.4) is 0 Å². The zero-order valence-corrected chi connectivity index (χ0v) is 14.3. The van der Waals surface area contributed by atoms with E-state index in [0.717, 1.165) is 16.7 Å². The number of hydrogen-bond acceptors (Lipinski definition) is 3. The van der Waals surface area contributed by atoms with Crippen LogP contribution in [0.2, 0.25) is 0 Å². The molecule has 0 unspecified atom stereocenters. The summed E-state index contributed by atoms with van der Waals surface area (Å²) in [6, 6.07) is 17.7. The second-order valence-electron chi connectivity index (χ2n) is 7.50. The third-order valence-corrected chi connectivity index (χ3v) is 6.25. The van der Waals surface area contributed by atoms with E-state index in [1.165, 1.54) is 4.90 Å². The normalized spacial score (nSPS) is 29.1. The molecule has 6 rings (SSSR count). The molecule has 2 bridgehead atoms. The molecule has 1 saturated carbocycles. The van der Waals surface area contributed by atoms with E-state index in [0.29, 0.717) is 19.4 Å². The lowest BCUT2D eigenvalue weighted by Crippen LogP contribution is -2.44. The van der Waals surface area contributed by atoms with Crippen molar-refractivity contribution in [2.75, 3.05) is 6.54 Å². The van der Waals surface area contributed by atoms with Gasteiger partial charge >= 0.3 is 0 Å². The van der Waals surface area contributed by atoms with Crippen molar-refractivity contribution < 1.29 is 14.4 Å². The fourth-order valence-electron chi connectivity index (χ4n) is 5.13. The summed E-state index contributed by atoms with van der Waals surface area (Å²) in [6.45, 7) is 0.388. The first kappa shape index (κ1) is 15.5. The lowest BCUT2D eigenvalue weighted by Gasteiger charge is -2.43. The number of likely N-dealkylation sites (tertiary alicyclic amines) is 1. The Hall–Kier alpha value is -2.75. The number of ketones is 1. The fraction of sp³-hybridized carbons (Fsp3) is 0.318. The van der Waals surface area contributed by atoms with Gasteiger partial charge < -0.3 is 0 Å². The highest BCUT2D eigenvalue weighted by atomic mass is 16.2. The van der Waals surface area contributed by atoms with Crippen molar-refractivity contribution in [2.24, 2.45) is 11.8 Å². The van der Waals surface area contributed by atoms with E-state index in [2.05, 4.69) is 0 Å². The standard InChI is InChI=1S/C22H19NO3/c24-17-12-16-14-8-4-5-9-15(14)18(17)20-19(16)21(25)23(22(20)26)11-10-13-6-2-1-3-7-13/h1-9,16,18-20H,10-12H2/t16-,18+,19+,20-/m0/s1. The van der Waals surface area contributed by atoms with Crippen LogP contribution in [-0.4, -0.2) is 29.0 Å². The molecule has 130 valence electrons. The minimum absolute atomic E-state index is 0.0899. The van der Waals surface area contributed by atoms with Gasteiger partial charge in [-0.2, -0.15) is 0 Å². The van der Waals surface area contributed by atoms with Gasteiger partial charge in [0.1, 0.15) is 5.78 Å². The number of carbonyl (C=O) groups is 3. The highest BCUT2D eigenvalue weighted by Crippen LogP contribution is 2.57. The summed E-state index contributed by atoms with van der Waals surface area (Å²) in [5.74, 6) is -1.59. The average Bonchev–Trinajstić information content (AvgIpc) is 2.93. The van der Waals surface area contributed by atoms with Crippen LogP contribution in [0.5, 0.6) is 0 Å². The topological polar surface area (TPSA) is 54.5 Å². The molecular formula is C22H19NO3. The maximum absolute atomic E-state index is 13.1. The van der Waals surface area contributed by atoms with Crippen molar-refractivity contribution in [2.45, 2.75) is 24.7 Å². The Labute approximate surface area is 151 Å². The first-order valence-corrected chi connectivity index (χ1v) is 9.17. The molecule has 4 nitrogen and oxygen atoms in total. The lowest BCUT2D eigenvalue weighted by molar-refractivity contribution is -0.140. The third kappa shape index (κ3) is 2.05. The summed E-state index contributed by atoms with van der Waals surface area (Å²) in [4.78, 5) is 40.2. The Morgan fingerprint density at radius 2 is 1.46 bits per heavy atom. The molecule has 26 heavy (non-hydrogen) atoms. The van der Waals surface area contributed by atoms with Gasteiger partial charge in [-0.1, -0.05) is 54.6 Å². The minimum atomic E-state index is -0.501. The predicted molar refractivity (Wildman–Crippen MR) is 95.4 cm³/mol. The number of nitrogens with zero attached hydrogens (tertiary/aromatic N) is 1. The first-order chi connectivity index (χ1) is 12.7. The quantitative estimate of drug-likeness (QED) is 0.804. The Kier molecular flexibility index (Phi) is 3.36. The molecule has 2 fully saturated rings. The van der Waals surface area contributed by atoms with Gasteiger partial charge in [0.15, 0.2) is 0 Å². The highest BCUT2D eigenvalue weighted by molar-refractivity contribution is 6.11. The van der Waals surface area contributed by atoms with Crippen molar-refractivity contribution >= 4 is 17.6 Å². The third-order valence-electron chi connectivity index (χ3n) is 6.25. The number of Topliss-reactive ketones (excluding diaryl/α,β-unsaturated/α-hetero) is 1. The van der Waals surface area contributed by atoms with E-state index in [-0.39, 0.29) is 29.4 Å². The molecule has 0 aromatic heterocycles. The Morgan fingerprint density at radius 1 is 0.808 bits per heavy atom. The number of amides is 2. The SMILES string of the molecule is O=C1C[C@H]2c3ccccc3[C@H]1[C@@H]1C(=O)N(CCc3ccccc3)C(=O)[C@@H]12. The maximum atomic E-state index is 13.1. The van der Waals surface area contributed by atoms with Crippen molar-refractivity contribution in [3.63, 3.8) is 0 Å². The van der Waals surface area contributed by atoms with Gasteiger partial charge in [-0.25, -0.2) is 0 Å². The van der Waals surface area contributed by atoms with E-state index in [1.807, 2.05) is 54.6 Å². The first-order valence-electron chi connectivity index (χ1n) is 9.17. The van der Waals surface area contributed by atoms with Crippen molar-refractivity contribution in [1.29, 1.82) is 0 Å². The van der Waals surface area contributed by atoms with Crippen LogP contribution in [0.1, 0.15) is 34.9 Å². The van der Waals surface area contributed by atoms with Gasteiger partial charge in [0.2, 0.25) is 11.8 Å². The number of imide groups is 1. The van der Waals surface area contributed by atoms with Crippen molar-refractivity contribution in [3.8, 4) is 0 Å². The van der Waals surface area contributed by atoms with Gasteiger partial charge in [-0.3, -0.25) is 19.3 Å². The Balaban J connectivity index is 1.48. The minimum Gasteiger partial charge on any atom is -0.299 e. The van der Waals surface area contributed by atoms with Crippen LogP contribution < -0.4 is 0 Å². The number of hydrogen-bond donors (Lipinski definition) is 0. The van der Waals surface area contributed by atoms with Gasteiger partial charge in [0.05, 0.1) is 17.8 Å². The zero-order chi connectivity index (χ0) is 17.8. The maximum Gasteiger partial charge on any atom is 0.234 e. The van der Waals surface area contributed by atoms with Crippen LogP contribution in [0.4, 0.5) is 0 Å². The van der Waals surface area contributed by atoms with Crippen molar-refractivity contribution in [3.05, 3.63) is 71.3 Å². The Bertz CT molecular complexity index is 920. The van der Waals surface area contributed by atoms with E-state index >= 15 is 0 Å². The Morgan fingerprint density at radius 3 is 2.23 bits per heavy atom. The molecule has 2 aromatic rings. The van der Waals surface area contributed by atoms with Crippen LogP contribution in [0.25, 0.3) is 0 Å². The molecule has 2 amide bonds. The van der Waals surface area contributed by atoms with Gasteiger partial charge in [0.25, 0.3) is 0 Å². The second-order valence-corrected chi connectivity index (χ2v) is 7.50. The number of rotatable bonds is 3. The second kappa shape index (κ2) is 5.63. The van der Waals surface area contributed by atoms with Crippen LogP contribution in [0.15, 0.2) is 54.6 Å². The largest absolute Gasteiger partial charge is 0.299 e. The summed E-state index contributed by atoms with van der Waals surface area (Å²) in [7, 11) is 0. The van der Waals surface area contributed by atoms with E-state index in [4.69, 9.17) is 0 Å². The highest BCUT2D eigenvalue weighted by Gasteiger charge is 2.62. The summed E-state index contributed by atoms with van der Waals surface area (Å²) in [5, 5.41) is 0.